The topological polar surface area (TPSA) is 142 Å². The Hall–Kier alpha value is -2.03. The highest BCUT2D eigenvalue weighted by Gasteiger charge is 2.64. The van der Waals surface area contributed by atoms with Gasteiger partial charge < -0.3 is 19.9 Å². The highest BCUT2D eigenvalue weighted by atomic mass is 79.9. The van der Waals surface area contributed by atoms with Crippen molar-refractivity contribution in [3.63, 3.8) is 0 Å². The molecule has 0 radical (unpaired) electrons. The highest BCUT2D eigenvalue weighted by Crippen LogP contribution is 2.59. The molecule has 38 heavy (non-hydrogen) atoms. The van der Waals surface area contributed by atoms with Crippen molar-refractivity contribution in [3.8, 4) is 0 Å². The Kier molecular flexibility index (Phi) is 6.39. The van der Waals surface area contributed by atoms with Crippen molar-refractivity contribution in [2.75, 3.05) is 18.9 Å². The van der Waals surface area contributed by atoms with Crippen molar-refractivity contribution >= 4 is 40.7 Å². The number of nitrogen functional groups attached to an aromatic ring is 1. The molecule has 3 saturated heterocycles. The summed E-state index contributed by atoms with van der Waals surface area (Å²) in [6.45, 7) is 5.38. The summed E-state index contributed by atoms with van der Waals surface area (Å²) in [5.74, 6) is -1.12. The zero-order chi connectivity index (χ0) is 26.9. The number of aromatic nitrogens is 4. The number of nitrogens with zero attached hydrogens (tertiary/aromatic N) is 4. The lowest BCUT2D eigenvalue weighted by atomic mass is 9.96. The maximum atomic E-state index is 13.9. The van der Waals surface area contributed by atoms with E-state index in [4.69, 9.17) is 33.5 Å². The summed E-state index contributed by atoms with van der Waals surface area (Å²) in [5.41, 5.74) is 6.40. The number of hydrogen-bond donors (Lipinski definition) is 1. The van der Waals surface area contributed by atoms with E-state index in [1.54, 1.807) is 30.8 Å². The lowest BCUT2D eigenvalue weighted by Crippen LogP contribution is -2.42. The number of nitrogens with two attached hydrogens (primary N) is 1. The van der Waals surface area contributed by atoms with E-state index in [1.807, 2.05) is 6.92 Å². The van der Waals surface area contributed by atoms with E-state index in [0.29, 0.717) is 27.6 Å². The Balaban J connectivity index is 1.24. The van der Waals surface area contributed by atoms with Crippen LogP contribution in [0.25, 0.3) is 11.2 Å². The standard InChI is InChI=1S/C23H26BrFN5O7P/c1-22(2)35-18-16(9-33-38(31)32-7-6-15(36-38)13-8-12(25)4-5-14(13)24)34-21(23(18,3)37-22)30-11-29-17-19(26)27-10-28-20(17)30/h4-5,8,10-11,15-16,18,21H,6-7,9H2,1-3H3,(H2,26,27,28)/t15?,16-,18-,21-,23-,38?/m1/s1. The summed E-state index contributed by atoms with van der Waals surface area (Å²) in [7, 11) is -4.01. The number of phosphoric acid groups is 1. The van der Waals surface area contributed by atoms with E-state index in [2.05, 4.69) is 30.9 Å². The quantitative estimate of drug-likeness (QED) is 0.408. The number of hydrogen-bond acceptors (Lipinski definition) is 11. The van der Waals surface area contributed by atoms with Gasteiger partial charge >= 0.3 is 7.82 Å². The fraction of sp³-hybridized carbons (Fsp3) is 0.522. The Morgan fingerprint density at radius 2 is 2.11 bits per heavy atom. The van der Waals surface area contributed by atoms with Gasteiger partial charge in [0.2, 0.25) is 0 Å². The van der Waals surface area contributed by atoms with Crippen LogP contribution in [0.1, 0.15) is 45.1 Å². The van der Waals surface area contributed by atoms with Gasteiger partial charge in [-0.25, -0.2) is 23.9 Å². The lowest BCUT2D eigenvalue weighted by Gasteiger charge is -2.31. The van der Waals surface area contributed by atoms with Crippen molar-refractivity contribution in [3.05, 3.63) is 46.7 Å². The molecule has 15 heteroatoms. The Labute approximate surface area is 225 Å². The van der Waals surface area contributed by atoms with Gasteiger partial charge in [-0.3, -0.25) is 18.1 Å². The monoisotopic (exact) mass is 613 g/mol. The molecule has 0 aliphatic carbocycles. The molecule has 2 aromatic heterocycles. The van der Waals surface area contributed by atoms with Crippen molar-refractivity contribution in [2.45, 2.75) is 63.1 Å². The third-order valence-electron chi connectivity index (χ3n) is 6.80. The first kappa shape index (κ1) is 26.2. The zero-order valence-corrected chi connectivity index (χ0v) is 23.2. The van der Waals surface area contributed by atoms with Gasteiger partial charge in [-0.15, -0.1) is 0 Å². The van der Waals surface area contributed by atoms with Gasteiger partial charge in [0.15, 0.2) is 23.5 Å². The van der Waals surface area contributed by atoms with Gasteiger partial charge in [-0.05, 0) is 44.5 Å². The van der Waals surface area contributed by atoms with Crippen LogP contribution in [0.15, 0.2) is 35.3 Å². The predicted molar refractivity (Wildman–Crippen MR) is 134 cm³/mol. The number of benzene rings is 1. The first-order valence-electron chi connectivity index (χ1n) is 12.0. The fourth-order valence-electron chi connectivity index (χ4n) is 5.27. The molecule has 0 bridgehead atoms. The van der Waals surface area contributed by atoms with Gasteiger partial charge in [0, 0.05) is 10.9 Å². The molecule has 204 valence electrons. The highest BCUT2D eigenvalue weighted by molar-refractivity contribution is 9.10. The number of anilines is 1. The molecule has 12 nitrogen and oxygen atoms in total. The maximum Gasteiger partial charge on any atom is 0.475 e. The first-order chi connectivity index (χ1) is 18.0. The second-order valence-electron chi connectivity index (χ2n) is 9.96. The molecule has 0 saturated carbocycles. The van der Waals surface area contributed by atoms with E-state index in [1.165, 1.54) is 18.5 Å². The summed E-state index contributed by atoms with van der Waals surface area (Å²) < 4.78 is 65.4. The fourth-order valence-corrected chi connectivity index (χ4v) is 7.16. The van der Waals surface area contributed by atoms with Crippen molar-refractivity contribution in [2.24, 2.45) is 0 Å². The minimum Gasteiger partial charge on any atom is -0.382 e. The lowest BCUT2D eigenvalue weighted by molar-refractivity contribution is -0.217. The molecule has 2 unspecified atom stereocenters. The molecule has 5 heterocycles. The van der Waals surface area contributed by atoms with Gasteiger partial charge in [-0.1, -0.05) is 15.9 Å². The summed E-state index contributed by atoms with van der Waals surface area (Å²) >= 11 is 3.40. The number of rotatable bonds is 5. The molecule has 1 aromatic carbocycles. The Morgan fingerprint density at radius 1 is 1.29 bits per heavy atom. The first-order valence-corrected chi connectivity index (χ1v) is 14.2. The maximum absolute atomic E-state index is 13.9. The summed E-state index contributed by atoms with van der Waals surface area (Å²) in [4.78, 5) is 12.6. The van der Waals surface area contributed by atoms with Gasteiger partial charge in [-0.2, -0.15) is 0 Å². The second-order valence-corrected chi connectivity index (χ2v) is 12.4. The van der Waals surface area contributed by atoms with E-state index >= 15 is 0 Å². The van der Waals surface area contributed by atoms with E-state index in [-0.39, 0.29) is 19.0 Å². The minimum absolute atomic E-state index is 0.106. The molecular weight excluding hydrogens is 588 g/mol. The predicted octanol–water partition coefficient (Wildman–Crippen LogP) is 4.42. The summed E-state index contributed by atoms with van der Waals surface area (Å²) in [6, 6.07) is 4.22. The number of halogens is 2. The Morgan fingerprint density at radius 3 is 2.92 bits per heavy atom. The van der Waals surface area contributed by atoms with Gasteiger partial charge in [0.05, 0.1) is 25.6 Å². The van der Waals surface area contributed by atoms with Crippen LogP contribution >= 0.6 is 23.8 Å². The van der Waals surface area contributed by atoms with Crippen molar-refractivity contribution < 1.29 is 36.7 Å². The van der Waals surface area contributed by atoms with Gasteiger partial charge in [0.1, 0.15) is 35.5 Å². The average molecular weight is 614 g/mol. The van der Waals surface area contributed by atoms with Crippen LogP contribution in [0.3, 0.4) is 0 Å². The molecule has 6 atom stereocenters. The van der Waals surface area contributed by atoms with Crippen LogP contribution in [-0.4, -0.2) is 56.3 Å². The van der Waals surface area contributed by atoms with Crippen LogP contribution in [0.5, 0.6) is 0 Å². The van der Waals surface area contributed by atoms with Crippen LogP contribution in [-0.2, 0) is 32.3 Å². The van der Waals surface area contributed by atoms with E-state index < -0.39 is 49.6 Å². The van der Waals surface area contributed by atoms with Crippen LogP contribution in [0.4, 0.5) is 10.2 Å². The Bertz CT molecular complexity index is 1440. The summed E-state index contributed by atoms with van der Waals surface area (Å²) in [6.07, 6.45) is 0.533. The van der Waals surface area contributed by atoms with Crippen molar-refractivity contribution in [1.82, 2.24) is 19.5 Å². The van der Waals surface area contributed by atoms with Crippen LogP contribution in [0.2, 0.25) is 0 Å². The molecule has 3 aliphatic rings. The minimum atomic E-state index is -4.01. The zero-order valence-electron chi connectivity index (χ0n) is 20.7. The van der Waals surface area contributed by atoms with E-state index in [9.17, 15) is 8.96 Å². The number of fused-ring (bicyclic) bond motifs is 2. The molecule has 3 fully saturated rings. The molecule has 6 rings (SSSR count). The molecule has 2 N–H and O–H groups in total. The van der Waals surface area contributed by atoms with Crippen LogP contribution in [0, 0.1) is 5.82 Å². The van der Waals surface area contributed by atoms with Crippen molar-refractivity contribution in [1.29, 1.82) is 0 Å². The third kappa shape index (κ3) is 4.46. The summed E-state index contributed by atoms with van der Waals surface area (Å²) in [5, 5.41) is 0. The normalized spacial score (nSPS) is 34.6. The van der Waals surface area contributed by atoms with Crippen LogP contribution < -0.4 is 5.73 Å². The van der Waals surface area contributed by atoms with E-state index in [0.717, 1.165) is 0 Å². The average Bonchev–Trinajstić information content (AvgIpc) is 3.47. The second kappa shape index (κ2) is 9.27. The molecule has 0 amide bonds. The number of phosphoric ester groups is 1. The third-order valence-corrected chi connectivity index (χ3v) is 9.00. The molecule has 0 spiro atoms. The molecule has 3 aliphatic heterocycles. The molecular formula is C23H26BrFN5O7P. The van der Waals surface area contributed by atoms with Gasteiger partial charge in [0.25, 0.3) is 0 Å². The number of imidazole rings is 1. The molecule has 3 aromatic rings. The SMILES string of the molecule is CC1(C)O[C@@H]2[C@@H](COP3(=O)OCCC(c4cc(F)ccc4Br)O3)O[C@@H](n3cnc4c(N)ncnc43)[C@]2(C)O1. The number of ether oxygens (including phenoxy) is 3. The largest absolute Gasteiger partial charge is 0.475 e. The smallest absolute Gasteiger partial charge is 0.382 e.